The lowest BCUT2D eigenvalue weighted by Gasteiger charge is -2.34. The van der Waals surface area contributed by atoms with E-state index in [1.165, 1.54) is 12.1 Å². The zero-order valence-electron chi connectivity index (χ0n) is 10.9. The van der Waals surface area contributed by atoms with Crippen LogP contribution in [0.4, 0.5) is 4.39 Å². The van der Waals surface area contributed by atoms with E-state index < -0.39 is 5.82 Å². The van der Waals surface area contributed by atoms with Gasteiger partial charge >= 0.3 is 0 Å². The molecule has 1 aromatic rings. The van der Waals surface area contributed by atoms with Gasteiger partial charge in [0.2, 0.25) is 0 Å². The van der Waals surface area contributed by atoms with Gasteiger partial charge in [0, 0.05) is 23.6 Å². The lowest BCUT2D eigenvalue weighted by molar-refractivity contribution is 0.0659. The maximum atomic E-state index is 13.3. The molecule has 0 radical (unpaired) electrons. The molecule has 0 saturated carbocycles. The first-order valence-corrected chi connectivity index (χ1v) is 7.28. The molecule has 19 heavy (non-hydrogen) atoms. The SMILES string of the molecule is C[C@H](N)[C@H]1CCCN(C(=O)c2cc(F)ccc2Br)C1. The number of rotatable bonds is 2. The van der Waals surface area contributed by atoms with Crippen molar-refractivity contribution < 1.29 is 9.18 Å². The molecule has 1 aliphatic rings. The molecule has 2 atom stereocenters. The summed E-state index contributed by atoms with van der Waals surface area (Å²) < 4.78 is 13.9. The van der Waals surface area contributed by atoms with Crippen LogP contribution >= 0.6 is 15.9 Å². The molecule has 104 valence electrons. The number of nitrogens with zero attached hydrogens (tertiary/aromatic N) is 1. The number of hydrogen-bond donors (Lipinski definition) is 1. The van der Waals surface area contributed by atoms with Crippen molar-refractivity contribution in [1.82, 2.24) is 4.90 Å². The highest BCUT2D eigenvalue weighted by Gasteiger charge is 2.27. The second-order valence-electron chi connectivity index (χ2n) is 5.14. The maximum absolute atomic E-state index is 13.3. The Hall–Kier alpha value is -0.940. The van der Waals surface area contributed by atoms with Crippen molar-refractivity contribution in [2.75, 3.05) is 13.1 Å². The Labute approximate surface area is 121 Å². The number of likely N-dealkylation sites (tertiary alicyclic amines) is 1. The maximum Gasteiger partial charge on any atom is 0.255 e. The van der Waals surface area contributed by atoms with Crippen molar-refractivity contribution in [3.8, 4) is 0 Å². The van der Waals surface area contributed by atoms with Crippen LogP contribution in [-0.2, 0) is 0 Å². The summed E-state index contributed by atoms with van der Waals surface area (Å²) in [7, 11) is 0. The monoisotopic (exact) mass is 328 g/mol. The molecule has 0 bridgehead atoms. The van der Waals surface area contributed by atoms with Crippen molar-refractivity contribution in [3.05, 3.63) is 34.1 Å². The number of hydrogen-bond acceptors (Lipinski definition) is 2. The second-order valence-corrected chi connectivity index (χ2v) is 5.99. The Kier molecular flexibility index (Phi) is 4.58. The Morgan fingerprint density at radius 2 is 2.32 bits per heavy atom. The number of benzene rings is 1. The summed E-state index contributed by atoms with van der Waals surface area (Å²) in [5.41, 5.74) is 6.29. The molecule has 0 spiro atoms. The Morgan fingerprint density at radius 1 is 1.58 bits per heavy atom. The molecule has 0 aromatic heterocycles. The van der Waals surface area contributed by atoms with Crippen molar-refractivity contribution in [1.29, 1.82) is 0 Å². The van der Waals surface area contributed by atoms with Crippen LogP contribution in [0, 0.1) is 11.7 Å². The smallest absolute Gasteiger partial charge is 0.255 e. The van der Waals surface area contributed by atoms with Gasteiger partial charge in [0.1, 0.15) is 5.82 Å². The summed E-state index contributed by atoms with van der Waals surface area (Å²) in [5.74, 6) is -0.200. The van der Waals surface area contributed by atoms with E-state index in [1.807, 2.05) is 6.92 Å². The van der Waals surface area contributed by atoms with E-state index in [1.54, 1.807) is 11.0 Å². The van der Waals surface area contributed by atoms with Crippen LogP contribution in [0.2, 0.25) is 0 Å². The van der Waals surface area contributed by atoms with Gasteiger partial charge in [-0.15, -0.1) is 0 Å². The Balaban J connectivity index is 2.17. The van der Waals surface area contributed by atoms with Crippen LogP contribution in [0.5, 0.6) is 0 Å². The van der Waals surface area contributed by atoms with Gasteiger partial charge in [-0.25, -0.2) is 4.39 Å². The zero-order valence-corrected chi connectivity index (χ0v) is 12.5. The first-order chi connectivity index (χ1) is 8.99. The van der Waals surface area contributed by atoms with Gasteiger partial charge in [-0.05, 0) is 59.8 Å². The standard InChI is InChI=1S/C14H18BrFN2O/c1-9(17)10-3-2-6-18(8-10)14(19)12-7-11(16)4-5-13(12)15/h4-5,7,9-10H,2-3,6,8,17H2,1H3/t9-,10-/m0/s1. The minimum atomic E-state index is -0.396. The predicted molar refractivity (Wildman–Crippen MR) is 76.4 cm³/mol. The molecule has 1 aromatic carbocycles. The molecule has 0 aliphatic carbocycles. The molecule has 1 aliphatic heterocycles. The normalized spacial score (nSPS) is 21.3. The number of halogens is 2. The topological polar surface area (TPSA) is 46.3 Å². The van der Waals surface area contributed by atoms with E-state index in [4.69, 9.17) is 5.73 Å². The van der Waals surface area contributed by atoms with E-state index in [-0.39, 0.29) is 11.9 Å². The molecule has 1 heterocycles. The quantitative estimate of drug-likeness (QED) is 0.907. The van der Waals surface area contributed by atoms with Crippen molar-refractivity contribution in [3.63, 3.8) is 0 Å². The largest absolute Gasteiger partial charge is 0.338 e. The third-order valence-corrected chi connectivity index (χ3v) is 4.34. The summed E-state index contributed by atoms with van der Waals surface area (Å²) >= 11 is 3.30. The first kappa shape index (κ1) is 14.5. The first-order valence-electron chi connectivity index (χ1n) is 6.49. The van der Waals surface area contributed by atoms with Gasteiger partial charge in [-0.3, -0.25) is 4.79 Å². The summed E-state index contributed by atoms with van der Waals surface area (Å²) in [6.07, 6.45) is 2.00. The Bertz CT molecular complexity index is 479. The summed E-state index contributed by atoms with van der Waals surface area (Å²) in [6.45, 7) is 3.33. The minimum Gasteiger partial charge on any atom is -0.338 e. The molecule has 2 rings (SSSR count). The van der Waals surface area contributed by atoms with Crippen molar-refractivity contribution in [2.45, 2.75) is 25.8 Å². The van der Waals surface area contributed by atoms with Gasteiger partial charge in [0.25, 0.3) is 5.91 Å². The average Bonchev–Trinajstić information content (AvgIpc) is 2.41. The second kappa shape index (κ2) is 6.01. The number of carbonyl (C=O) groups is 1. The molecule has 1 saturated heterocycles. The molecule has 3 nitrogen and oxygen atoms in total. The van der Waals surface area contributed by atoms with Crippen LogP contribution < -0.4 is 5.73 Å². The van der Waals surface area contributed by atoms with E-state index in [9.17, 15) is 9.18 Å². The van der Waals surface area contributed by atoms with Crippen LogP contribution in [-0.4, -0.2) is 29.9 Å². The molecule has 0 unspecified atom stereocenters. The molecule has 1 fully saturated rings. The van der Waals surface area contributed by atoms with Crippen molar-refractivity contribution >= 4 is 21.8 Å². The summed E-state index contributed by atoms with van der Waals surface area (Å²) in [6, 6.07) is 4.26. The summed E-state index contributed by atoms with van der Waals surface area (Å²) in [4.78, 5) is 14.2. The van der Waals surface area contributed by atoms with Crippen LogP contribution in [0.3, 0.4) is 0 Å². The zero-order chi connectivity index (χ0) is 14.0. The lowest BCUT2D eigenvalue weighted by Crippen LogP contribution is -2.45. The fraction of sp³-hybridized carbons (Fsp3) is 0.500. The van der Waals surface area contributed by atoms with Crippen LogP contribution in [0.25, 0.3) is 0 Å². The third kappa shape index (κ3) is 3.34. The van der Waals surface area contributed by atoms with Gasteiger partial charge in [0.05, 0.1) is 5.56 Å². The minimum absolute atomic E-state index is 0.0755. The summed E-state index contributed by atoms with van der Waals surface area (Å²) in [5, 5.41) is 0. The fourth-order valence-electron chi connectivity index (χ4n) is 2.46. The molecule has 5 heteroatoms. The third-order valence-electron chi connectivity index (χ3n) is 3.65. The number of nitrogens with two attached hydrogens (primary N) is 1. The molecular weight excluding hydrogens is 311 g/mol. The molecule has 2 N–H and O–H groups in total. The van der Waals surface area contributed by atoms with E-state index >= 15 is 0 Å². The fourth-order valence-corrected chi connectivity index (χ4v) is 2.87. The Morgan fingerprint density at radius 3 is 3.00 bits per heavy atom. The lowest BCUT2D eigenvalue weighted by atomic mass is 9.92. The van der Waals surface area contributed by atoms with Gasteiger partial charge in [0.15, 0.2) is 0 Å². The molecule has 1 amide bonds. The van der Waals surface area contributed by atoms with Gasteiger partial charge in [-0.2, -0.15) is 0 Å². The average molecular weight is 329 g/mol. The number of amides is 1. The van der Waals surface area contributed by atoms with Crippen LogP contribution in [0.1, 0.15) is 30.1 Å². The van der Waals surface area contributed by atoms with E-state index in [2.05, 4.69) is 15.9 Å². The van der Waals surface area contributed by atoms with Crippen LogP contribution in [0.15, 0.2) is 22.7 Å². The number of piperidine rings is 1. The molecular formula is C14H18BrFN2O. The highest BCUT2D eigenvalue weighted by atomic mass is 79.9. The van der Waals surface area contributed by atoms with Gasteiger partial charge in [-0.1, -0.05) is 0 Å². The predicted octanol–water partition coefficient (Wildman–Crippen LogP) is 2.79. The van der Waals surface area contributed by atoms with E-state index in [0.717, 1.165) is 12.8 Å². The highest BCUT2D eigenvalue weighted by molar-refractivity contribution is 9.10. The van der Waals surface area contributed by atoms with Crippen molar-refractivity contribution in [2.24, 2.45) is 11.7 Å². The van der Waals surface area contributed by atoms with Gasteiger partial charge < -0.3 is 10.6 Å². The van der Waals surface area contributed by atoms with E-state index in [0.29, 0.717) is 29.0 Å². The number of carbonyl (C=O) groups excluding carboxylic acids is 1. The highest BCUT2D eigenvalue weighted by Crippen LogP contribution is 2.24.